The van der Waals surface area contributed by atoms with Crippen LogP contribution in [-0.4, -0.2) is 20.6 Å². The Hall–Kier alpha value is -2.41. The summed E-state index contributed by atoms with van der Waals surface area (Å²) in [6, 6.07) is 8.00. The number of fused-ring (bicyclic) bond motifs is 1. The average molecular weight is 349 g/mol. The zero-order valence-corrected chi connectivity index (χ0v) is 12.2. The number of pyridine rings is 1. The normalized spacial score (nSPS) is 10.9. The molecule has 0 fully saturated rings. The highest BCUT2D eigenvalue weighted by Gasteiger charge is 2.13. The predicted octanol–water partition coefficient (Wildman–Crippen LogP) is 2.50. The van der Waals surface area contributed by atoms with E-state index in [1.165, 1.54) is 16.7 Å². The Morgan fingerprint density at radius 1 is 1.38 bits per heavy atom. The van der Waals surface area contributed by atoms with Gasteiger partial charge in [0.2, 0.25) is 0 Å². The Labute approximate surface area is 126 Å². The van der Waals surface area contributed by atoms with Gasteiger partial charge in [0.25, 0.3) is 0 Å². The third kappa shape index (κ3) is 2.47. The molecule has 6 nitrogen and oxygen atoms in total. The van der Waals surface area contributed by atoms with Crippen LogP contribution in [-0.2, 0) is 6.54 Å². The lowest BCUT2D eigenvalue weighted by Gasteiger charge is -2.06. The van der Waals surface area contributed by atoms with Gasteiger partial charge in [-0.25, -0.2) is 14.6 Å². The van der Waals surface area contributed by atoms with E-state index in [2.05, 4.69) is 20.9 Å². The van der Waals surface area contributed by atoms with Crippen LogP contribution in [0.5, 0.6) is 0 Å². The van der Waals surface area contributed by atoms with Gasteiger partial charge in [0.05, 0.1) is 12.1 Å². The van der Waals surface area contributed by atoms with E-state index in [0.717, 1.165) is 5.56 Å². The Morgan fingerprint density at radius 2 is 2.19 bits per heavy atom. The molecule has 0 radical (unpaired) electrons. The van der Waals surface area contributed by atoms with Crippen LogP contribution in [0.15, 0.2) is 50.2 Å². The third-order valence-corrected chi connectivity index (χ3v) is 3.79. The number of benzene rings is 1. The number of hydrogen-bond donors (Lipinski definition) is 1. The van der Waals surface area contributed by atoms with Gasteiger partial charge in [0, 0.05) is 10.7 Å². The number of nitrogens with zero attached hydrogens (tertiary/aromatic N) is 2. The molecule has 2 aromatic heterocycles. The molecular weight excluding hydrogens is 340 g/mol. The predicted molar refractivity (Wildman–Crippen MR) is 78.5 cm³/mol. The molecule has 0 saturated heterocycles. The number of carbonyl (C=O) groups is 1. The van der Waals surface area contributed by atoms with Gasteiger partial charge in [-0.3, -0.25) is 4.57 Å². The maximum atomic E-state index is 11.9. The molecule has 1 aromatic carbocycles. The van der Waals surface area contributed by atoms with Gasteiger partial charge in [-0.15, -0.1) is 0 Å². The fourth-order valence-corrected chi connectivity index (χ4v) is 2.52. The first-order valence-electron chi connectivity index (χ1n) is 6.02. The fourth-order valence-electron chi connectivity index (χ4n) is 2.02. The van der Waals surface area contributed by atoms with Crippen LogP contribution in [0, 0.1) is 0 Å². The lowest BCUT2D eigenvalue weighted by molar-refractivity contribution is 0.0697. The Bertz CT molecular complexity index is 897. The Morgan fingerprint density at radius 3 is 2.90 bits per heavy atom. The number of carboxylic acid groups (broad SMARTS) is 1. The van der Waals surface area contributed by atoms with E-state index in [1.54, 1.807) is 24.4 Å². The zero-order chi connectivity index (χ0) is 15.0. The maximum Gasteiger partial charge on any atom is 0.421 e. The lowest BCUT2D eigenvalue weighted by atomic mass is 10.1. The molecule has 0 unspecified atom stereocenters. The molecule has 0 aliphatic rings. The molecule has 106 valence electrons. The number of hydrogen-bond acceptors (Lipinski definition) is 4. The van der Waals surface area contributed by atoms with E-state index in [1.807, 2.05) is 0 Å². The molecule has 0 amide bonds. The van der Waals surface area contributed by atoms with Crippen LogP contribution < -0.4 is 5.76 Å². The minimum absolute atomic E-state index is 0.174. The monoisotopic (exact) mass is 348 g/mol. The average Bonchev–Trinajstić information content (AvgIpc) is 2.77. The molecule has 1 N–H and O–H groups in total. The van der Waals surface area contributed by atoms with Crippen molar-refractivity contribution in [1.82, 2.24) is 9.55 Å². The van der Waals surface area contributed by atoms with Crippen LogP contribution in [0.4, 0.5) is 0 Å². The first kappa shape index (κ1) is 13.6. The second-order valence-corrected chi connectivity index (χ2v) is 5.24. The number of carboxylic acids is 1. The summed E-state index contributed by atoms with van der Waals surface area (Å²) in [5, 5.41) is 8.94. The molecule has 0 spiro atoms. The maximum absolute atomic E-state index is 11.9. The van der Waals surface area contributed by atoms with Crippen molar-refractivity contribution in [1.29, 1.82) is 0 Å². The molecule has 7 heteroatoms. The van der Waals surface area contributed by atoms with Gasteiger partial charge < -0.3 is 9.52 Å². The molecular formula is C14H9BrN2O4. The van der Waals surface area contributed by atoms with Crippen LogP contribution in [0.25, 0.3) is 11.2 Å². The van der Waals surface area contributed by atoms with Gasteiger partial charge in [0.1, 0.15) is 0 Å². The molecule has 0 saturated carbocycles. The smallest absolute Gasteiger partial charge is 0.421 e. The van der Waals surface area contributed by atoms with Crippen molar-refractivity contribution in [3.8, 4) is 0 Å². The minimum Gasteiger partial charge on any atom is -0.478 e. The van der Waals surface area contributed by atoms with Crippen molar-refractivity contribution in [2.24, 2.45) is 0 Å². The van der Waals surface area contributed by atoms with Crippen molar-refractivity contribution in [2.75, 3.05) is 0 Å². The third-order valence-electron chi connectivity index (χ3n) is 3.05. The molecule has 3 rings (SSSR count). The summed E-state index contributed by atoms with van der Waals surface area (Å²) in [6.07, 6.45) is 1.58. The quantitative estimate of drug-likeness (QED) is 0.785. The Kier molecular flexibility index (Phi) is 3.34. The van der Waals surface area contributed by atoms with Crippen molar-refractivity contribution in [2.45, 2.75) is 6.54 Å². The first-order chi connectivity index (χ1) is 10.1. The van der Waals surface area contributed by atoms with Crippen LogP contribution >= 0.6 is 15.9 Å². The van der Waals surface area contributed by atoms with Crippen molar-refractivity contribution < 1.29 is 14.3 Å². The Balaban J connectivity index is 2.05. The number of rotatable bonds is 3. The van der Waals surface area contributed by atoms with Gasteiger partial charge in [-0.2, -0.15) is 0 Å². The zero-order valence-electron chi connectivity index (χ0n) is 10.6. The van der Waals surface area contributed by atoms with Gasteiger partial charge >= 0.3 is 11.7 Å². The second-order valence-electron chi connectivity index (χ2n) is 4.39. The van der Waals surface area contributed by atoms with E-state index in [9.17, 15) is 9.59 Å². The summed E-state index contributed by atoms with van der Waals surface area (Å²) in [5.41, 5.74) is 1.81. The topological polar surface area (TPSA) is 85.3 Å². The molecule has 0 bridgehead atoms. The highest BCUT2D eigenvalue weighted by Crippen LogP contribution is 2.21. The largest absolute Gasteiger partial charge is 0.478 e. The number of aromatic nitrogens is 2. The van der Waals surface area contributed by atoms with Crippen molar-refractivity contribution in [3.05, 3.63) is 62.7 Å². The highest BCUT2D eigenvalue weighted by molar-refractivity contribution is 9.10. The number of aromatic carboxylic acids is 1. The first-order valence-corrected chi connectivity index (χ1v) is 6.81. The second kappa shape index (κ2) is 5.17. The fraction of sp³-hybridized carbons (Fsp3) is 0.0714. The molecule has 0 aliphatic carbocycles. The molecule has 0 atom stereocenters. The summed E-state index contributed by atoms with van der Waals surface area (Å²) in [5.74, 6) is -1.51. The number of halogens is 1. The molecule has 21 heavy (non-hydrogen) atoms. The SMILES string of the molecule is O=C(O)c1ccc(Cn2c(=O)oc3cccnc32)c(Br)c1. The standard InChI is InChI=1S/C14H9BrN2O4/c15-10-6-8(13(18)19)3-4-9(10)7-17-12-11(21-14(17)20)2-1-5-16-12/h1-6H,7H2,(H,18,19). The van der Waals surface area contributed by atoms with Crippen molar-refractivity contribution in [3.63, 3.8) is 0 Å². The van der Waals surface area contributed by atoms with Crippen molar-refractivity contribution >= 4 is 33.1 Å². The van der Waals surface area contributed by atoms with Gasteiger partial charge in [-0.1, -0.05) is 22.0 Å². The summed E-state index contributed by atoms with van der Waals surface area (Å²) >= 11 is 3.32. The summed E-state index contributed by atoms with van der Waals surface area (Å²) < 4.78 is 7.12. The van der Waals surface area contributed by atoms with Crippen LogP contribution in [0.3, 0.4) is 0 Å². The van der Waals surface area contributed by atoms with E-state index in [0.29, 0.717) is 15.7 Å². The lowest BCUT2D eigenvalue weighted by Crippen LogP contribution is -2.15. The summed E-state index contributed by atoms with van der Waals surface area (Å²) in [7, 11) is 0. The van der Waals surface area contributed by atoms with Gasteiger partial charge in [-0.05, 0) is 29.8 Å². The number of oxazole rings is 1. The summed E-state index contributed by atoms with van der Waals surface area (Å²) in [6.45, 7) is 0.239. The van der Waals surface area contributed by atoms with Crippen LogP contribution in [0.2, 0.25) is 0 Å². The molecule has 2 heterocycles. The van der Waals surface area contributed by atoms with E-state index in [4.69, 9.17) is 9.52 Å². The van der Waals surface area contributed by atoms with Crippen LogP contribution in [0.1, 0.15) is 15.9 Å². The molecule has 3 aromatic rings. The van der Waals surface area contributed by atoms with Gasteiger partial charge in [0.15, 0.2) is 11.2 Å². The highest BCUT2D eigenvalue weighted by atomic mass is 79.9. The van der Waals surface area contributed by atoms with E-state index in [-0.39, 0.29) is 12.1 Å². The van der Waals surface area contributed by atoms with E-state index >= 15 is 0 Å². The summed E-state index contributed by atoms with van der Waals surface area (Å²) in [4.78, 5) is 26.9. The van der Waals surface area contributed by atoms with E-state index < -0.39 is 11.7 Å². The molecule has 0 aliphatic heterocycles. The minimum atomic E-state index is -1.00.